The Morgan fingerprint density at radius 2 is 2.47 bits per heavy atom. The predicted octanol–water partition coefficient (Wildman–Crippen LogP) is 2.85. The SMILES string of the molecule is Cc1cc(C(O)C2CCCNC2)sc1Br. The number of hydrogen-bond donors (Lipinski definition) is 2. The summed E-state index contributed by atoms with van der Waals surface area (Å²) >= 11 is 5.16. The van der Waals surface area contributed by atoms with Crippen LogP contribution in [0.1, 0.15) is 29.4 Å². The molecule has 2 rings (SSSR count). The molecule has 0 spiro atoms. The Morgan fingerprint density at radius 3 is 3.00 bits per heavy atom. The van der Waals surface area contributed by atoms with Crippen LogP contribution in [-0.2, 0) is 0 Å². The fourth-order valence-electron chi connectivity index (χ4n) is 2.01. The molecule has 2 atom stereocenters. The van der Waals surface area contributed by atoms with Crippen LogP contribution < -0.4 is 5.32 Å². The van der Waals surface area contributed by atoms with Crippen molar-refractivity contribution in [3.05, 3.63) is 20.3 Å². The highest BCUT2D eigenvalue weighted by Crippen LogP contribution is 2.36. The normalized spacial score (nSPS) is 24.1. The van der Waals surface area contributed by atoms with Crippen LogP contribution in [0.5, 0.6) is 0 Å². The summed E-state index contributed by atoms with van der Waals surface area (Å²) < 4.78 is 1.14. The number of aryl methyl sites for hydroxylation is 1. The van der Waals surface area contributed by atoms with Crippen molar-refractivity contribution in [2.75, 3.05) is 13.1 Å². The van der Waals surface area contributed by atoms with Crippen LogP contribution in [0.3, 0.4) is 0 Å². The summed E-state index contributed by atoms with van der Waals surface area (Å²) in [6, 6.07) is 2.09. The molecule has 0 saturated carbocycles. The Balaban J connectivity index is 2.08. The van der Waals surface area contributed by atoms with E-state index in [2.05, 4.69) is 34.2 Å². The van der Waals surface area contributed by atoms with Gasteiger partial charge < -0.3 is 10.4 Å². The van der Waals surface area contributed by atoms with Gasteiger partial charge in [-0.05, 0) is 53.9 Å². The van der Waals surface area contributed by atoms with Crippen molar-refractivity contribution in [1.29, 1.82) is 0 Å². The number of hydrogen-bond acceptors (Lipinski definition) is 3. The average molecular weight is 290 g/mol. The first-order chi connectivity index (χ1) is 7.18. The number of nitrogens with one attached hydrogen (secondary N) is 1. The largest absolute Gasteiger partial charge is 0.387 e. The van der Waals surface area contributed by atoms with Crippen LogP contribution >= 0.6 is 27.3 Å². The van der Waals surface area contributed by atoms with Crippen LogP contribution in [0.25, 0.3) is 0 Å². The smallest absolute Gasteiger partial charge is 0.0922 e. The molecular formula is C11H16BrNOS. The minimum Gasteiger partial charge on any atom is -0.387 e. The van der Waals surface area contributed by atoms with Crippen molar-refractivity contribution in [3.8, 4) is 0 Å². The fourth-order valence-corrected chi connectivity index (χ4v) is 3.66. The molecular weight excluding hydrogens is 274 g/mol. The van der Waals surface area contributed by atoms with Crippen molar-refractivity contribution >= 4 is 27.3 Å². The second-order valence-corrected chi connectivity index (χ2v) is 6.56. The zero-order chi connectivity index (χ0) is 10.8. The molecule has 4 heteroatoms. The lowest BCUT2D eigenvalue weighted by Gasteiger charge is -2.26. The number of aliphatic hydroxyl groups excluding tert-OH is 1. The van der Waals surface area contributed by atoms with Crippen LogP contribution in [0.2, 0.25) is 0 Å². The van der Waals surface area contributed by atoms with Crippen molar-refractivity contribution in [1.82, 2.24) is 5.32 Å². The summed E-state index contributed by atoms with van der Waals surface area (Å²) in [7, 11) is 0. The Morgan fingerprint density at radius 1 is 1.67 bits per heavy atom. The molecule has 2 N–H and O–H groups in total. The first-order valence-electron chi connectivity index (χ1n) is 5.33. The molecule has 1 saturated heterocycles. The third kappa shape index (κ3) is 2.61. The molecule has 2 heterocycles. The lowest BCUT2D eigenvalue weighted by molar-refractivity contribution is 0.0953. The van der Waals surface area contributed by atoms with E-state index in [1.807, 2.05) is 0 Å². The molecule has 0 aromatic carbocycles. The molecule has 1 aromatic rings. The summed E-state index contributed by atoms with van der Waals surface area (Å²) in [5, 5.41) is 13.6. The molecule has 2 nitrogen and oxygen atoms in total. The van der Waals surface area contributed by atoms with Crippen molar-refractivity contribution in [3.63, 3.8) is 0 Å². The van der Waals surface area contributed by atoms with Crippen LogP contribution in [-0.4, -0.2) is 18.2 Å². The Kier molecular flexibility index (Phi) is 3.83. The van der Waals surface area contributed by atoms with Gasteiger partial charge in [0.1, 0.15) is 0 Å². The number of piperidine rings is 1. The number of rotatable bonds is 2. The summed E-state index contributed by atoms with van der Waals surface area (Å²) in [4.78, 5) is 1.09. The molecule has 1 aliphatic rings. The van der Waals surface area contributed by atoms with Gasteiger partial charge in [-0.25, -0.2) is 0 Å². The van der Waals surface area contributed by atoms with Gasteiger partial charge in [0.05, 0.1) is 9.89 Å². The van der Waals surface area contributed by atoms with Gasteiger partial charge in [-0.3, -0.25) is 0 Å². The minimum atomic E-state index is -0.298. The molecule has 0 radical (unpaired) electrons. The maximum atomic E-state index is 10.2. The average Bonchev–Trinajstić information content (AvgIpc) is 2.59. The molecule has 2 unspecified atom stereocenters. The first-order valence-corrected chi connectivity index (χ1v) is 6.94. The van der Waals surface area contributed by atoms with Crippen molar-refractivity contribution < 1.29 is 5.11 Å². The lowest BCUT2D eigenvalue weighted by Crippen LogP contribution is -2.33. The predicted molar refractivity (Wildman–Crippen MR) is 67.3 cm³/mol. The summed E-state index contributed by atoms with van der Waals surface area (Å²) in [6.07, 6.45) is 2.00. The van der Waals surface area contributed by atoms with E-state index in [4.69, 9.17) is 0 Å². The van der Waals surface area contributed by atoms with Crippen molar-refractivity contribution in [2.24, 2.45) is 5.92 Å². The Hall–Kier alpha value is 0.100. The molecule has 0 aliphatic carbocycles. The number of halogens is 1. The highest BCUT2D eigenvalue weighted by molar-refractivity contribution is 9.11. The number of thiophene rings is 1. The van der Waals surface area contributed by atoms with E-state index in [0.717, 1.165) is 28.2 Å². The van der Waals surface area contributed by atoms with E-state index < -0.39 is 0 Å². The standard InChI is InChI=1S/C11H16BrNOS/c1-7-5-9(15-11(7)12)10(14)8-3-2-4-13-6-8/h5,8,10,13-14H,2-4,6H2,1H3. The second kappa shape index (κ2) is 4.95. The van der Waals surface area contributed by atoms with Gasteiger partial charge in [0.25, 0.3) is 0 Å². The van der Waals surface area contributed by atoms with Gasteiger partial charge in [0, 0.05) is 17.3 Å². The number of aliphatic hydroxyl groups is 1. The molecule has 1 fully saturated rings. The summed E-state index contributed by atoms with van der Waals surface area (Å²) in [5.41, 5.74) is 1.22. The minimum absolute atomic E-state index is 0.298. The zero-order valence-electron chi connectivity index (χ0n) is 8.79. The molecule has 15 heavy (non-hydrogen) atoms. The highest BCUT2D eigenvalue weighted by atomic mass is 79.9. The van der Waals surface area contributed by atoms with Gasteiger partial charge in [0.15, 0.2) is 0 Å². The van der Waals surface area contributed by atoms with E-state index in [9.17, 15) is 5.11 Å². The quantitative estimate of drug-likeness (QED) is 0.878. The van der Waals surface area contributed by atoms with E-state index in [-0.39, 0.29) is 6.10 Å². The van der Waals surface area contributed by atoms with Crippen LogP contribution in [0.4, 0.5) is 0 Å². The molecule has 1 aromatic heterocycles. The van der Waals surface area contributed by atoms with E-state index >= 15 is 0 Å². The van der Waals surface area contributed by atoms with Crippen LogP contribution in [0, 0.1) is 12.8 Å². The third-order valence-electron chi connectivity index (χ3n) is 2.95. The zero-order valence-corrected chi connectivity index (χ0v) is 11.2. The van der Waals surface area contributed by atoms with Gasteiger partial charge in [-0.1, -0.05) is 0 Å². The maximum Gasteiger partial charge on any atom is 0.0922 e. The Bertz CT molecular complexity index is 314. The maximum absolute atomic E-state index is 10.2. The highest BCUT2D eigenvalue weighted by Gasteiger charge is 2.24. The van der Waals surface area contributed by atoms with Gasteiger partial charge in [0.2, 0.25) is 0 Å². The molecule has 0 amide bonds. The lowest BCUT2D eigenvalue weighted by atomic mass is 9.93. The third-order valence-corrected chi connectivity index (χ3v) is 5.16. The monoisotopic (exact) mass is 289 g/mol. The van der Waals surface area contributed by atoms with Gasteiger partial charge in [-0.2, -0.15) is 0 Å². The van der Waals surface area contributed by atoms with Crippen molar-refractivity contribution in [2.45, 2.75) is 25.9 Å². The summed E-state index contributed by atoms with van der Waals surface area (Å²) in [6.45, 7) is 4.10. The fraction of sp³-hybridized carbons (Fsp3) is 0.636. The molecule has 1 aliphatic heterocycles. The molecule has 84 valence electrons. The topological polar surface area (TPSA) is 32.3 Å². The second-order valence-electron chi connectivity index (χ2n) is 4.16. The first kappa shape index (κ1) is 11.6. The van der Waals surface area contributed by atoms with Gasteiger partial charge in [-0.15, -0.1) is 11.3 Å². The molecule has 0 bridgehead atoms. The van der Waals surface area contributed by atoms with E-state index in [1.165, 1.54) is 12.0 Å². The van der Waals surface area contributed by atoms with Gasteiger partial charge >= 0.3 is 0 Å². The Labute approximate surface area is 103 Å². The van der Waals surface area contributed by atoms with E-state index in [1.54, 1.807) is 11.3 Å². The van der Waals surface area contributed by atoms with E-state index in [0.29, 0.717) is 5.92 Å². The van der Waals surface area contributed by atoms with Crippen LogP contribution in [0.15, 0.2) is 9.85 Å². The summed E-state index contributed by atoms with van der Waals surface area (Å²) in [5.74, 6) is 0.378.